The van der Waals surface area contributed by atoms with Crippen LogP contribution >= 0.6 is 0 Å². The van der Waals surface area contributed by atoms with Crippen molar-refractivity contribution in [2.24, 2.45) is 0 Å². The highest BCUT2D eigenvalue weighted by atomic mass is 16.5. The van der Waals surface area contributed by atoms with Crippen molar-refractivity contribution in [3.63, 3.8) is 0 Å². The van der Waals surface area contributed by atoms with Crippen molar-refractivity contribution in [2.75, 3.05) is 20.7 Å². The summed E-state index contributed by atoms with van der Waals surface area (Å²) in [5.41, 5.74) is 3.14. The smallest absolute Gasteiger partial charge is 0.222 e. The average Bonchev–Trinajstić information content (AvgIpc) is 2.42. The lowest BCUT2D eigenvalue weighted by Crippen LogP contribution is -2.46. The Balaban J connectivity index is 1.99. The van der Waals surface area contributed by atoms with E-state index in [1.165, 1.54) is 0 Å². The van der Waals surface area contributed by atoms with Crippen LogP contribution in [0.5, 0.6) is 5.75 Å². The van der Waals surface area contributed by atoms with Gasteiger partial charge >= 0.3 is 0 Å². The van der Waals surface area contributed by atoms with Crippen LogP contribution in [-0.4, -0.2) is 42.5 Å². The van der Waals surface area contributed by atoms with Gasteiger partial charge in [0.15, 0.2) is 0 Å². The Kier molecular flexibility index (Phi) is 4.60. The molecular formula is C15H23N3O2. The second-order valence-corrected chi connectivity index (χ2v) is 5.44. The summed E-state index contributed by atoms with van der Waals surface area (Å²) < 4.78 is 5.42. The van der Waals surface area contributed by atoms with Crippen molar-refractivity contribution in [3.8, 4) is 5.75 Å². The molecule has 5 heteroatoms. The lowest BCUT2D eigenvalue weighted by Gasteiger charge is -2.30. The number of rotatable bonds is 4. The molecule has 1 atom stereocenters. The number of amides is 1. The summed E-state index contributed by atoms with van der Waals surface area (Å²) in [6.45, 7) is 5.50. The molecule has 0 radical (unpaired) electrons. The largest absolute Gasteiger partial charge is 0.496 e. The molecule has 1 saturated heterocycles. The number of carbonyl (C=O) groups excluding carboxylic acids is 1. The van der Waals surface area contributed by atoms with E-state index >= 15 is 0 Å². The SMILES string of the molecule is COc1c(C)cnc(CNC2CCC(=O)N(C)C2)c1C. The summed E-state index contributed by atoms with van der Waals surface area (Å²) in [5, 5.41) is 3.49. The quantitative estimate of drug-likeness (QED) is 0.904. The van der Waals surface area contributed by atoms with E-state index in [1.807, 2.05) is 27.1 Å². The molecule has 1 unspecified atom stereocenters. The average molecular weight is 277 g/mol. The Morgan fingerprint density at radius 1 is 1.50 bits per heavy atom. The van der Waals surface area contributed by atoms with Gasteiger partial charge in [-0.15, -0.1) is 0 Å². The molecule has 5 nitrogen and oxygen atoms in total. The third-order valence-electron chi connectivity index (χ3n) is 3.93. The molecule has 1 amide bonds. The number of aryl methyl sites for hydroxylation is 1. The summed E-state index contributed by atoms with van der Waals surface area (Å²) in [6, 6.07) is 0.339. The molecule has 1 aliphatic rings. The summed E-state index contributed by atoms with van der Waals surface area (Å²) in [5.74, 6) is 1.14. The molecule has 0 bridgehead atoms. The van der Waals surface area contributed by atoms with Crippen LogP contribution in [0.15, 0.2) is 6.20 Å². The van der Waals surface area contributed by atoms with E-state index in [4.69, 9.17) is 4.74 Å². The van der Waals surface area contributed by atoms with Gasteiger partial charge in [-0.1, -0.05) is 0 Å². The van der Waals surface area contributed by atoms with Gasteiger partial charge < -0.3 is 15.0 Å². The normalized spacial score (nSPS) is 19.3. The number of methoxy groups -OCH3 is 1. The predicted molar refractivity (Wildman–Crippen MR) is 77.8 cm³/mol. The Morgan fingerprint density at radius 3 is 2.90 bits per heavy atom. The Hall–Kier alpha value is -1.62. The zero-order valence-electron chi connectivity index (χ0n) is 12.7. The number of pyridine rings is 1. The van der Waals surface area contributed by atoms with E-state index in [0.29, 0.717) is 19.0 Å². The van der Waals surface area contributed by atoms with Crippen LogP contribution in [0.4, 0.5) is 0 Å². The van der Waals surface area contributed by atoms with Crippen LogP contribution < -0.4 is 10.1 Å². The zero-order valence-corrected chi connectivity index (χ0v) is 12.7. The molecule has 1 aromatic rings. The molecule has 2 rings (SSSR count). The van der Waals surface area contributed by atoms with Crippen molar-refractivity contribution < 1.29 is 9.53 Å². The van der Waals surface area contributed by atoms with E-state index < -0.39 is 0 Å². The maximum absolute atomic E-state index is 11.5. The number of likely N-dealkylation sites (tertiary alicyclic amines) is 1. The maximum Gasteiger partial charge on any atom is 0.222 e. The molecule has 1 fully saturated rings. The van der Waals surface area contributed by atoms with Crippen molar-refractivity contribution in [2.45, 2.75) is 39.3 Å². The number of aromatic nitrogens is 1. The van der Waals surface area contributed by atoms with Crippen molar-refractivity contribution in [1.82, 2.24) is 15.2 Å². The van der Waals surface area contributed by atoms with Gasteiger partial charge in [0.2, 0.25) is 5.91 Å². The molecule has 0 aromatic carbocycles. The monoisotopic (exact) mass is 277 g/mol. The van der Waals surface area contributed by atoms with Gasteiger partial charge in [-0.25, -0.2) is 0 Å². The summed E-state index contributed by atoms with van der Waals surface area (Å²) in [7, 11) is 3.54. The van der Waals surface area contributed by atoms with E-state index in [2.05, 4.69) is 10.3 Å². The second kappa shape index (κ2) is 6.22. The maximum atomic E-state index is 11.5. The van der Waals surface area contributed by atoms with Gasteiger partial charge in [0.1, 0.15) is 5.75 Å². The minimum absolute atomic E-state index is 0.231. The third-order valence-corrected chi connectivity index (χ3v) is 3.93. The van der Waals surface area contributed by atoms with Gasteiger partial charge in [0, 0.05) is 49.9 Å². The van der Waals surface area contributed by atoms with E-state index in [-0.39, 0.29) is 5.91 Å². The number of piperidine rings is 1. The molecular weight excluding hydrogens is 254 g/mol. The second-order valence-electron chi connectivity index (χ2n) is 5.44. The highest BCUT2D eigenvalue weighted by molar-refractivity contribution is 5.76. The van der Waals surface area contributed by atoms with Crippen molar-refractivity contribution >= 4 is 5.91 Å². The Morgan fingerprint density at radius 2 is 2.25 bits per heavy atom. The molecule has 1 aliphatic heterocycles. The number of nitrogens with zero attached hydrogens (tertiary/aromatic N) is 2. The first kappa shape index (κ1) is 14.8. The molecule has 0 saturated carbocycles. The molecule has 0 aliphatic carbocycles. The van der Waals surface area contributed by atoms with Crippen LogP contribution in [0.2, 0.25) is 0 Å². The predicted octanol–water partition coefficient (Wildman–Crippen LogP) is 1.42. The first-order valence-corrected chi connectivity index (χ1v) is 6.99. The number of hydrogen-bond donors (Lipinski definition) is 1. The number of hydrogen-bond acceptors (Lipinski definition) is 4. The molecule has 1 aromatic heterocycles. The molecule has 2 heterocycles. The summed E-state index contributed by atoms with van der Waals surface area (Å²) >= 11 is 0. The molecule has 110 valence electrons. The molecule has 0 spiro atoms. The van der Waals surface area contributed by atoms with Crippen LogP contribution in [0.1, 0.15) is 29.7 Å². The van der Waals surface area contributed by atoms with Crippen LogP contribution in [0, 0.1) is 13.8 Å². The van der Waals surface area contributed by atoms with E-state index in [9.17, 15) is 4.79 Å². The van der Waals surface area contributed by atoms with Gasteiger partial charge in [0.25, 0.3) is 0 Å². The first-order chi connectivity index (χ1) is 9.52. The summed E-state index contributed by atoms with van der Waals surface area (Å²) in [4.78, 5) is 17.7. The fourth-order valence-corrected chi connectivity index (χ4v) is 2.67. The fourth-order valence-electron chi connectivity index (χ4n) is 2.67. The molecule has 1 N–H and O–H groups in total. The number of nitrogens with one attached hydrogen (secondary N) is 1. The van der Waals surface area contributed by atoms with Crippen molar-refractivity contribution in [1.29, 1.82) is 0 Å². The minimum Gasteiger partial charge on any atom is -0.496 e. The van der Waals surface area contributed by atoms with Gasteiger partial charge in [-0.2, -0.15) is 0 Å². The fraction of sp³-hybridized carbons (Fsp3) is 0.600. The van der Waals surface area contributed by atoms with Gasteiger partial charge in [0.05, 0.1) is 12.8 Å². The highest BCUT2D eigenvalue weighted by Gasteiger charge is 2.22. The zero-order chi connectivity index (χ0) is 14.7. The lowest BCUT2D eigenvalue weighted by atomic mass is 10.0. The van der Waals surface area contributed by atoms with E-state index in [1.54, 1.807) is 12.0 Å². The number of ether oxygens (including phenoxy) is 1. The van der Waals surface area contributed by atoms with Crippen molar-refractivity contribution in [3.05, 3.63) is 23.0 Å². The number of likely N-dealkylation sites (N-methyl/N-ethyl adjacent to an activating group) is 1. The minimum atomic E-state index is 0.231. The standard InChI is InChI=1S/C15H23N3O2/c1-10-7-17-13(11(2)15(10)20-4)8-16-12-5-6-14(19)18(3)9-12/h7,12,16H,5-6,8-9H2,1-4H3. The Bertz CT molecular complexity index is 502. The topological polar surface area (TPSA) is 54.5 Å². The Labute approximate surface area is 120 Å². The van der Waals surface area contributed by atoms with Gasteiger partial charge in [-0.3, -0.25) is 9.78 Å². The highest BCUT2D eigenvalue weighted by Crippen LogP contribution is 2.24. The van der Waals surface area contributed by atoms with E-state index in [0.717, 1.165) is 35.5 Å². The van der Waals surface area contributed by atoms with Crippen LogP contribution in [0.3, 0.4) is 0 Å². The number of carbonyl (C=O) groups is 1. The first-order valence-electron chi connectivity index (χ1n) is 6.99. The third kappa shape index (κ3) is 3.10. The van der Waals surface area contributed by atoms with Crippen LogP contribution in [-0.2, 0) is 11.3 Å². The van der Waals surface area contributed by atoms with Gasteiger partial charge in [-0.05, 0) is 20.3 Å². The molecule has 20 heavy (non-hydrogen) atoms. The lowest BCUT2D eigenvalue weighted by molar-refractivity contribution is -0.132. The summed E-state index contributed by atoms with van der Waals surface area (Å²) in [6.07, 6.45) is 3.36. The van der Waals surface area contributed by atoms with Crippen LogP contribution in [0.25, 0.3) is 0 Å².